The number of carboxylic acid groups (broad SMARTS) is 1. The molecule has 0 saturated heterocycles. The fraction of sp³-hybridized carbons (Fsp3) is 0.200. The van der Waals surface area contributed by atoms with Crippen LogP contribution in [0.25, 0.3) is 0 Å². The first-order chi connectivity index (χ1) is 16.0. The minimum atomic E-state index is -1.04. The Morgan fingerprint density at radius 2 is 1.67 bits per heavy atom. The van der Waals surface area contributed by atoms with Gasteiger partial charge in [0.1, 0.15) is 24.8 Å². The van der Waals surface area contributed by atoms with Crippen molar-refractivity contribution in [2.24, 2.45) is 5.73 Å². The van der Waals surface area contributed by atoms with Gasteiger partial charge < -0.3 is 30.4 Å². The summed E-state index contributed by atoms with van der Waals surface area (Å²) >= 11 is 0. The van der Waals surface area contributed by atoms with Crippen molar-refractivity contribution < 1.29 is 24.1 Å². The third kappa shape index (κ3) is 6.64. The summed E-state index contributed by atoms with van der Waals surface area (Å²) in [5.74, 6) is 0.621. The highest BCUT2D eigenvalue weighted by Crippen LogP contribution is 2.32. The monoisotopic (exact) mass is 449 g/mol. The van der Waals surface area contributed by atoms with Gasteiger partial charge in [0.2, 0.25) is 0 Å². The Balaban J connectivity index is 1.70. The van der Waals surface area contributed by atoms with E-state index in [-0.39, 0.29) is 5.84 Å². The van der Waals surface area contributed by atoms with Crippen LogP contribution in [0.15, 0.2) is 72.8 Å². The minimum Gasteiger partial charge on any atom is -0.490 e. The number of para-hydroxylation sites is 1. The van der Waals surface area contributed by atoms with E-state index in [9.17, 15) is 9.90 Å². The fourth-order valence-corrected chi connectivity index (χ4v) is 3.12. The number of anilines is 1. The number of amidine groups is 1. The molecule has 3 aromatic carbocycles. The van der Waals surface area contributed by atoms with Gasteiger partial charge in [-0.15, -0.1) is 0 Å². The van der Waals surface area contributed by atoms with Crippen LogP contribution in [-0.2, 0) is 4.79 Å². The van der Waals surface area contributed by atoms with E-state index in [0.717, 1.165) is 5.75 Å². The third-order valence-corrected chi connectivity index (χ3v) is 4.71. The molecule has 0 aliphatic rings. The lowest BCUT2D eigenvalue weighted by molar-refractivity contribution is -0.138. The largest absolute Gasteiger partial charge is 0.490 e. The molecule has 0 heterocycles. The second kappa shape index (κ2) is 11.4. The van der Waals surface area contributed by atoms with E-state index in [4.69, 9.17) is 25.4 Å². The van der Waals surface area contributed by atoms with E-state index in [1.807, 2.05) is 37.3 Å². The van der Waals surface area contributed by atoms with Crippen LogP contribution in [0.2, 0.25) is 0 Å². The number of aliphatic carboxylic acids is 1. The molecule has 0 aliphatic carbocycles. The molecule has 0 bridgehead atoms. The van der Waals surface area contributed by atoms with Crippen LogP contribution in [0.4, 0.5) is 5.69 Å². The summed E-state index contributed by atoms with van der Waals surface area (Å²) in [6.45, 7) is 2.90. The Kier molecular flexibility index (Phi) is 8.13. The molecule has 3 rings (SSSR count). The van der Waals surface area contributed by atoms with Gasteiger partial charge in [-0.05, 0) is 61.0 Å². The van der Waals surface area contributed by atoms with Gasteiger partial charge in [-0.2, -0.15) is 0 Å². The number of hydrogen-bond donors (Lipinski definition) is 4. The summed E-state index contributed by atoms with van der Waals surface area (Å²) in [5.41, 5.74) is 7.13. The van der Waals surface area contributed by atoms with Gasteiger partial charge in [-0.3, -0.25) is 5.41 Å². The molecule has 0 spiro atoms. The molecule has 172 valence electrons. The maximum Gasteiger partial charge on any atom is 0.330 e. The summed E-state index contributed by atoms with van der Waals surface area (Å²) in [4.78, 5) is 12.0. The first kappa shape index (κ1) is 23.5. The number of nitrogens with one attached hydrogen (secondary N) is 2. The van der Waals surface area contributed by atoms with Crippen LogP contribution in [-0.4, -0.2) is 36.7 Å². The zero-order chi connectivity index (χ0) is 23.6. The standard InChI is InChI=1S/C25H27N3O5/c1-2-31-22-16-18(10-13-21(22)33-15-14-32-20-6-4-3-5-7-20)23(25(29)30)28-19-11-8-17(9-12-19)24(26)27/h3-13,16,23,28H,2,14-15H2,1H3,(H3,26,27)(H,29,30). The molecule has 33 heavy (non-hydrogen) atoms. The van der Waals surface area contributed by atoms with E-state index in [1.165, 1.54) is 0 Å². The third-order valence-electron chi connectivity index (χ3n) is 4.71. The summed E-state index contributed by atoms with van der Waals surface area (Å²) in [7, 11) is 0. The van der Waals surface area contributed by atoms with Crippen molar-refractivity contribution in [2.45, 2.75) is 13.0 Å². The lowest BCUT2D eigenvalue weighted by Crippen LogP contribution is -2.21. The van der Waals surface area contributed by atoms with Crippen molar-refractivity contribution in [1.29, 1.82) is 5.41 Å². The molecule has 8 nitrogen and oxygen atoms in total. The SMILES string of the molecule is CCOc1cc(C(Nc2ccc(C(=N)N)cc2)C(=O)O)ccc1OCCOc1ccccc1. The Hall–Kier alpha value is -4.20. The summed E-state index contributed by atoms with van der Waals surface area (Å²) < 4.78 is 17.1. The van der Waals surface area contributed by atoms with Gasteiger partial charge in [-0.25, -0.2) is 4.79 Å². The Bertz CT molecular complexity index is 1070. The van der Waals surface area contributed by atoms with Crippen molar-refractivity contribution in [1.82, 2.24) is 0 Å². The highest BCUT2D eigenvalue weighted by Gasteiger charge is 2.22. The van der Waals surface area contributed by atoms with E-state index in [2.05, 4.69) is 5.32 Å². The molecule has 0 aliphatic heterocycles. The van der Waals surface area contributed by atoms with Gasteiger partial charge in [0, 0.05) is 11.3 Å². The maximum atomic E-state index is 12.0. The van der Waals surface area contributed by atoms with Crippen molar-refractivity contribution >= 4 is 17.5 Å². The van der Waals surface area contributed by atoms with Gasteiger partial charge in [0.25, 0.3) is 0 Å². The summed E-state index contributed by atoms with van der Waals surface area (Å²) in [6, 6.07) is 20.1. The lowest BCUT2D eigenvalue weighted by atomic mass is 10.1. The average molecular weight is 450 g/mol. The van der Waals surface area contributed by atoms with Gasteiger partial charge in [-0.1, -0.05) is 24.3 Å². The first-order valence-electron chi connectivity index (χ1n) is 10.5. The average Bonchev–Trinajstić information content (AvgIpc) is 2.82. The molecule has 3 aromatic rings. The molecule has 0 saturated carbocycles. The van der Waals surface area contributed by atoms with E-state index >= 15 is 0 Å². The van der Waals surface area contributed by atoms with Crippen molar-refractivity contribution in [2.75, 3.05) is 25.1 Å². The highest BCUT2D eigenvalue weighted by molar-refractivity contribution is 5.95. The fourth-order valence-electron chi connectivity index (χ4n) is 3.12. The van der Waals surface area contributed by atoms with Crippen molar-refractivity contribution in [3.8, 4) is 17.2 Å². The molecule has 1 unspecified atom stereocenters. The van der Waals surface area contributed by atoms with Gasteiger partial charge in [0.05, 0.1) is 6.61 Å². The summed E-state index contributed by atoms with van der Waals surface area (Å²) in [6.07, 6.45) is 0. The first-order valence-corrected chi connectivity index (χ1v) is 10.5. The number of hydrogen-bond acceptors (Lipinski definition) is 6. The van der Waals surface area contributed by atoms with E-state index in [0.29, 0.717) is 48.1 Å². The topological polar surface area (TPSA) is 127 Å². The molecule has 5 N–H and O–H groups in total. The molecule has 0 radical (unpaired) electrons. The lowest BCUT2D eigenvalue weighted by Gasteiger charge is -2.19. The predicted molar refractivity (Wildman–Crippen MR) is 127 cm³/mol. The van der Waals surface area contributed by atoms with Gasteiger partial charge in [0.15, 0.2) is 17.5 Å². The summed E-state index contributed by atoms with van der Waals surface area (Å²) in [5, 5.41) is 20.3. The molecule has 0 fully saturated rings. The zero-order valence-electron chi connectivity index (χ0n) is 18.3. The van der Waals surface area contributed by atoms with Crippen molar-refractivity contribution in [3.05, 3.63) is 83.9 Å². The Morgan fingerprint density at radius 1 is 0.970 bits per heavy atom. The van der Waals surface area contributed by atoms with Crippen LogP contribution >= 0.6 is 0 Å². The molecule has 8 heteroatoms. The number of rotatable bonds is 12. The normalized spacial score (nSPS) is 11.3. The van der Waals surface area contributed by atoms with Crippen molar-refractivity contribution in [3.63, 3.8) is 0 Å². The number of carboxylic acids is 1. The predicted octanol–water partition coefficient (Wildman–Crippen LogP) is 4.06. The number of ether oxygens (including phenoxy) is 3. The molecule has 0 aromatic heterocycles. The maximum absolute atomic E-state index is 12.0. The quantitative estimate of drug-likeness (QED) is 0.186. The van der Waals surface area contributed by atoms with Crippen LogP contribution in [0.1, 0.15) is 24.1 Å². The second-order valence-corrected chi connectivity index (χ2v) is 7.06. The Morgan fingerprint density at radius 3 is 2.30 bits per heavy atom. The second-order valence-electron chi connectivity index (χ2n) is 7.06. The number of nitrogens with two attached hydrogens (primary N) is 1. The smallest absolute Gasteiger partial charge is 0.330 e. The Labute approximate surface area is 192 Å². The van der Waals surface area contributed by atoms with E-state index < -0.39 is 12.0 Å². The van der Waals surface area contributed by atoms with Gasteiger partial charge >= 0.3 is 5.97 Å². The molecule has 1 atom stereocenters. The number of benzene rings is 3. The number of nitrogen functional groups attached to an aromatic ring is 1. The molecule has 0 amide bonds. The molecular formula is C25H27N3O5. The number of carbonyl (C=O) groups is 1. The van der Waals surface area contributed by atoms with Crippen LogP contribution in [0, 0.1) is 5.41 Å². The van der Waals surface area contributed by atoms with Crippen LogP contribution < -0.4 is 25.3 Å². The molecular weight excluding hydrogens is 422 g/mol. The van der Waals surface area contributed by atoms with Crippen LogP contribution in [0.3, 0.4) is 0 Å². The van der Waals surface area contributed by atoms with E-state index in [1.54, 1.807) is 42.5 Å². The van der Waals surface area contributed by atoms with Crippen LogP contribution in [0.5, 0.6) is 17.2 Å². The minimum absolute atomic E-state index is 0.0533. The zero-order valence-corrected chi connectivity index (χ0v) is 18.3. The highest BCUT2D eigenvalue weighted by atomic mass is 16.5.